The number of carbonyl (C=O) groups is 2. The Kier molecular flexibility index (Phi) is 6.49. The molecule has 4 aliphatic carbocycles. The zero-order valence-electron chi connectivity index (χ0n) is 20.0. The first kappa shape index (κ1) is 24.1. The number of anilines is 1. The minimum atomic E-state index is -1.09. The highest BCUT2D eigenvalue weighted by Crippen LogP contribution is 2.59. The molecule has 0 spiro atoms. The van der Waals surface area contributed by atoms with Crippen molar-refractivity contribution in [3.8, 4) is 11.3 Å². The molecule has 0 atom stereocenters. The normalized spacial score (nSPS) is 26.5. The average molecular weight is 498 g/mol. The molecule has 7 nitrogen and oxygen atoms in total. The van der Waals surface area contributed by atoms with Crippen LogP contribution in [-0.4, -0.2) is 53.8 Å². The van der Waals surface area contributed by atoms with Crippen LogP contribution in [-0.2, 0) is 0 Å². The van der Waals surface area contributed by atoms with Gasteiger partial charge in [-0.25, -0.2) is 9.78 Å². The predicted octanol–water partition coefficient (Wildman–Crippen LogP) is 4.47. The van der Waals surface area contributed by atoms with Crippen LogP contribution in [0.1, 0.15) is 59.2 Å². The van der Waals surface area contributed by atoms with Crippen LogP contribution in [0.5, 0.6) is 0 Å². The molecule has 4 aliphatic rings. The van der Waals surface area contributed by atoms with Gasteiger partial charge in [0.2, 0.25) is 0 Å². The number of nitrogens with zero attached hydrogens (tertiary/aromatic N) is 2. The molecule has 1 amide bonds. The monoisotopic (exact) mass is 497 g/mol. The topological polar surface area (TPSA) is 103 Å². The Balaban J connectivity index is 1.36. The van der Waals surface area contributed by atoms with E-state index in [1.807, 2.05) is 0 Å². The van der Waals surface area contributed by atoms with Crippen molar-refractivity contribution in [2.75, 3.05) is 31.6 Å². The minimum absolute atomic E-state index is 0.0483. The summed E-state index contributed by atoms with van der Waals surface area (Å²) in [5.74, 6) is 1.44. The van der Waals surface area contributed by atoms with Crippen LogP contribution in [0.4, 0.5) is 5.82 Å². The average Bonchev–Trinajstić information content (AvgIpc) is 2.82. The van der Waals surface area contributed by atoms with Gasteiger partial charge in [-0.1, -0.05) is 17.7 Å². The van der Waals surface area contributed by atoms with Gasteiger partial charge >= 0.3 is 5.97 Å². The molecule has 1 aromatic heterocycles. The molecule has 6 rings (SSSR count). The van der Waals surface area contributed by atoms with Crippen LogP contribution in [0.2, 0.25) is 5.02 Å². The van der Waals surface area contributed by atoms with Gasteiger partial charge in [-0.15, -0.1) is 0 Å². The third-order valence-electron chi connectivity index (χ3n) is 8.20. The van der Waals surface area contributed by atoms with E-state index < -0.39 is 5.97 Å². The van der Waals surface area contributed by atoms with E-state index in [1.165, 1.54) is 44.6 Å². The van der Waals surface area contributed by atoms with Gasteiger partial charge < -0.3 is 20.4 Å². The number of aliphatic hydroxyl groups is 1. The number of pyridine rings is 1. The Bertz CT molecular complexity index is 1120. The van der Waals surface area contributed by atoms with Gasteiger partial charge in [-0.05, 0) is 86.0 Å². The van der Waals surface area contributed by atoms with Crippen molar-refractivity contribution in [1.82, 2.24) is 10.3 Å². The van der Waals surface area contributed by atoms with Gasteiger partial charge in [-0.3, -0.25) is 4.79 Å². The standard InChI is InChI=1S/C27H32ClN3O4/c1-31(6-7-32)24-20(26(34)35)3-5-23(30-24)19-2-4-22(28)21(11-19)25(33)29-15-27-12-16-8-17(13-27)10-18(9-16)14-27/h2-5,11,16-18,32H,6-10,12-15H2,1H3,(H,29,33)(H,34,35). The molecule has 3 N–H and O–H groups in total. The molecule has 0 radical (unpaired) electrons. The Hall–Kier alpha value is -2.64. The number of nitrogens with one attached hydrogen (secondary N) is 1. The summed E-state index contributed by atoms with van der Waals surface area (Å²) >= 11 is 6.43. The largest absolute Gasteiger partial charge is 0.478 e. The summed E-state index contributed by atoms with van der Waals surface area (Å²) in [5.41, 5.74) is 1.87. The summed E-state index contributed by atoms with van der Waals surface area (Å²) in [7, 11) is 1.68. The fraction of sp³-hybridized carbons (Fsp3) is 0.519. The molecule has 0 aliphatic heterocycles. The summed E-state index contributed by atoms with van der Waals surface area (Å²) < 4.78 is 0. The van der Waals surface area contributed by atoms with Gasteiger partial charge in [-0.2, -0.15) is 0 Å². The third kappa shape index (κ3) is 4.76. The van der Waals surface area contributed by atoms with Gasteiger partial charge in [0.1, 0.15) is 11.4 Å². The molecule has 4 saturated carbocycles. The summed E-state index contributed by atoms with van der Waals surface area (Å²) in [6, 6.07) is 8.29. The van der Waals surface area contributed by atoms with Crippen LogP contribution in [0, 0.1) is 23.2 Å². The maximum absolute atomic E-state index is 13.2. The van der Waals surface area contributed by atoms with E-state index in [0.29, 0.717) is 28.4 Å². The molecular formula is C27H32ClN3O4. The molecule has 1 aromatic carbocycles. The minimum Gasteiger partial charge on any atom is -0.478 e. The van der Waals surface area contributed by atoms with Crippen molar-refractivity contribution in [3.05, 3.63) is 46.5 Å². The van der Waals surface area contributed by atoms with E-state index >= 15 is 0 Å². The number of benzene rings is 1. The van der Waals surface area contributed by atoms with Crippen molar-refractivity contribution in [1.29, 1.82) is 0 Å². The number of aromatic carboxylic acids is 1. The zero-order chi connectivity index (χ0) is 24.7. The number of carboxylic acid groups (broad SMARTS) is 1. The molecule has 0 unspecified atom stereocenters. The van der Waals surface area contributed by atoms with Crippen molar-refractivity contribution >= 4 is 29.3 Å². The quantitative estimate of drug-likeness (QED) is 0.497. The summed E-state index contributed by atoms with van der Waals surface area (Å²) in [5, 5.41) is 22.4. The Morgan fingerprint density at radius 2 is 1.74 bits per heavy atom. The van der Waals surface area contributed by atoms with E-state index in [-0.39, 0.29) is 35.9 Å². The number of carbonyl (C=O) groups excluding carboxylic acids is 1. The number of likely N-dealkylation sites (N-methyl/N-ethyl adjacent to an activating group) is 1. The van der Waals surface area contributed by atoms with E-state index in [2.05, 4.69) is 10.3 Å². The fourth-order valence-electron chi connectivity index (χ4n) is 7.05. The number of aliphatic hydroxyl groups excluding tert-OH is 1. The molecule has 0 saturated heterocycles. The Morgan fingerprint density at radius 3 is 2.34 bits per heavy atom. The third-order valence-corrected chi connectivity index (χ3v) is 8.53. The van der Waals surface area contributed by atoms with Gasteiger partial charge in [0.05, 0.1) is 22.9 Å². The first-order valence-electron chi connectivity index (χ1n) is 12.4. The highest BCUT2D eigenvalue weighted by Gasteiger charge is 2.50. The molecule has 1 heterocycles. The number of rotatable bonds is 8. The van der Waals surface area contributed by atoms with Crippen LogP contribution in [0.25, 0.3) is 11.3 Å². The molecule has 4 bridgehead atoms. The van der Waals surface area contributed by atoms with E-state index in [4.69, 9.17) is 11.6 Å². The van der Waals surface area contributed by atoms with Crippen LogP contribution in [0.15, 0.2) is 30.3 Å². The van der Waals surface area contributed by atoms with E-state index in [9.17, 15) is 19.8 Å². The first-order valence-corrected chi connectivity index (χ1v) is 12.8. The maximum atomic E-state index is 13.2. The SMILES string of the molecule is CN(CCO)c1nc(-c2ccc(Cl)c(C(=O)NCC34CC5CC(CC(C5)C3)C4)c2)ccc1C(=O)O. The molecule has 2 aromatic rings. The smallest absolute Gasteiger partial charge is 0.339 e. The lowest BCUT2D eigenvalue weighted by Gasteiger charge is -2.56. The Labute approximate surface area is 210 Å². The fourth-order valence-corrected chi connectivity index (χ4v) is 7.25. The van der Waals surface area contributed by atoms with Gasteiger partial charge in [0.15, 0.2) is 0 Å². The second-order valence-electron chi connectivity index (χ2n) is 10.8. The number of aromatic nitrogens is 1. The van der Waals surface area contributed by atoms with Gasteiger partial charge in [0.25, 0.3) is 5.91 Å². The number of halogens is 1. The second-order valence-corrected chi connectivity index (χ2v) is 11.2. The summed E-state index contributed by atoms with van der Waals surface area (Å²) in [4.78, 5) is 31.0. The van der Waals surface area contributed by atoms with Crippen molar-refractivity contribution in [2.45, 2.75) is 38.5 Å². The van der Waals surface area contributed by atoms with Crippen LogP contribution >= 0.6 is 11.6 Å². The predicted molar refractivity (Wildman–Crippen MR) is 135 cm³/mol. The van der Waals surface area contributed by atoms with E-state index in [0.717, 1.165) is 17.8 Å². The molecule has 186 valence electrons. The zero-order valence-corrected chi connectivity index (χ0v) is 20.7. The highest BCUT2D eigenvalue weighted by atomic mass is 35.5. The molecular weight excluding hydrogens is 466 g/mol. The Morgan fingerprint density at radius 1 is 1.09 bits per heavy atom. The van der Waals surface area contributed by atoms with Crippen molar-refractivity contribution in [2.24, 2.45) is 23.2 Å². The summed E-state index contributed by atoms with van der Waals surface area (Å²) in [6.45, 7) is 0.809. The van der Waals surface area contributed by atoms with E-state index in [1.54, 1.807) is 36.2 Å². The number of amides is 1. The van der Waals surface area contributed by atoms with Crippen molar-refractivity contribution in [3.63, 3.8) is 0 Å². The molecule has 8 heteroatoms. The number of hydrogen-bond donors (Lipinski definition) is 3. The first-order chi connectivity index (χ1) is 16.8. The molecule has 35 heavy (non-hydrogen) atoms. The second kappa shape index (κ2) is 9.43. The van der Waals surface area contributed by atoms with Gasteiger partial charge in [0, 0.05) is 25.7 Å². The number of carboxylic acids is 1. The lowest BCUT2D eigenvalue weighted by Crippen LogP contribution is -2.51. The lowest BCUT2D eigenvalue weighted by molar-refractivity contribution is -0.0503. The maximum Gasteiger partial charge on any atom is 0.339 e. The highest BCUT2D eigenvalue weighted by molar-refractivity contribution is 6.34. The van der Waals surface area contributed by atoms with Crippen LogP contribution in [0.3, 0.4) is 0 Å². The lowest BCUT2D eigenvalue weighted by atomic mass is 9.49. The molecule has 4 fully saturated rings. The number of hydrogen-bond acceptors (Lipinski definition) is 5. The van der Waals surface area contributed by atoms with Crippen LogP contribution < -0.4 is 10.2 Å². The summed E-state index contributed by atoms with van der Waals surface area (Å²) in [6.07, 6.45) is 7.75. The van der Waals surface area contributed by atoms with Crippen molar-refractivity contribution < 1.29 is 19.8 Å².